The molecule has 82 valence electrons. The van der Waals surface area contributed by atoms with Gasteiger partial charge in [0.2, 0.25) is 0 Å². The Morgan fingerprint density at radius 2 is 2.25 bits per heavy atom. The number of hydrogen-bond acceptors (Lipinski definition) is 3. The lowest BCUT2D eigenvalue weighted by atomic mass is 10.1. The summed E-state index contributed by atoms with van der Waals surface area (Å²) in [6, 6.07) is 4.68. The van der Waals surface area contributed by atoms with Gasteiger partial charge >= 0.3 is 0 Å². The normalized spacial score (nSPS) is 10.1. The molecule has 0 amide bonds. The maximum Gasteiger partial charge on any atom is 0.165 e. The van der Waals surface area contributed by atoms with E-state index in [0.29, 0.717) is 15.8 Å². The lowest BCUT2D eigenvalue weighted by Gasteiger charge is -2.04. The number of halogens is 1. The smallest absolute Gasteiger partial charge is 0.165 e. The highest BCUT2D eigenvalue weighted by molar-refractivity contribution is 7.71. The number of ether oxygens (including phenoxy) is 1. The van der Waals surface area contributed by atoms with Gasteiger partial charge in [-0.1, -0.05) is 18.3 Å². The molecule has 3 nitrogen and oxygen atoms in total. The molecular weight excluding hydrogens is 227 g/mol. The van der Waals surface area contributed by atoms with Crippen LogP contribution in [0.1, 0.15) is 0 Å². The first-order valence-electron chi connectivity index (χ1n) is 4.59. The first kappa shape index (κ1) is 10.8. The Bertz CT molecular complexity index is 568. The van der Waals surface area contributed by atoms with Crippen molar-refractivity contribution in [1.29, 1.82) is 0 Å². The second-order valence-corrected chi connectivity index (χ2v) is 3.55. The van der Waals surface area contributed by atoms with Gasteiger partial charge in [0.25, 0.3) is 0 Å². The van der Waals surface area contributed by atoms with Crippen LogP contribution in [0.5, 0.6) is 5.75 Å². The van der Waals surface area contributed by atoms with Gasteiger partial charge in [-0.25, -0.2) is 9.37 Å². The molecule has 1 aromatic carbocycles. The number of nitrogens with one attached hydrogen (secondary N) is 1. The molecule has 0 saturated heterocycles. The maximum absolute atomic E-state index is 13.5. The summed E-state index contributed by atoms with van der Waals surface area (Å²) in [6.45, 7) is 0. The SMILES string of the molecule is COc1ccc(-c2cnc[nH]c2=S)cc1F. The average molecular weight is 236 g/mol. The minimum atomic E-state index is -0.418. The van der Waals surface area contributed by atoms with E-state index in [1.54, 1.807) is 18.3 Å². The lowest BCUT2D eigenvalue weighted by Crippen LogP contribution is -1.90. The molecule has 0 saturated carbocycles. The fourth-order valence-electron chi connectivity index (χ4n) is 1.38. The zero-order valence-corrected chi connectivity index (χ0v) is 9.34. The van der Waals surface area contributed by atoms with Gasteiger partial charge in [0.15, 0.2) is 11.6 Å². The molecule has 0 aliphatic rings. The Labute approximate surface area is 96.9 Å². The van der Waals surface area contributed by atoms with Crippen LogP contribution in [-0.4, -0.2) is 17.1 Å². The number of aromatic amines is 1. The molecule has 1 aromatic heterocycles. The van der Waals surface area contributed by atoms with E-state index < -0.39 is 5.82 Å². The van der Waals surface area contributed by atoms with Crippen LogP contribution in [0, 0.1) is 10.5 Å². The van der Waals surface area contributed by atoms with Gasteiger partial charge in [-0.15, -0.1) is 0 Å². The van der Waals surface area contributed by atoms with Crippen molar-refractivity contribution < 1.29 is 9.13 Å². The number of methoxy groups -OCH3 is 1. The van der Waals surface area contributed by atoms with Crippen molar-refractivity contribution in [3.8, 4) is 16.9 Å². The van der Waals surface area contributed by atoms with Gasteiger partial charge in [0, 0.05) is 11.8 Å². The molecule has 0 bridgehead atoms. The van der Waals surface area contributed by atoms with Crippen molar-refractivity contribution in [2.75, 3.05) is 7.11 Å². The molecule has 0 spiro atoms. The Morgan fingerprint density at radius 3 is 2.88 bits per heavy atom. The fourth-order valence-corrected chi connectivity index (χ4v) is 1.61. The van der Waals surface area contributed by atoms with Crippen LogP contribution in [-0.2, 0) is 0 Å². The first-order chi connectivity index (χ1) is 7.72. The molecule has 2 aromatic rings. The minimum absolute atomic E-state index is 0.211. The lowest BCUT2D eigenvalue weighted by molar-refractivity contribution is 0.386. The van der Waals surface area contributed by atoms with Gasteiger partial charge in [-0.3, -0.25) is 0 Å². The van der Waals surface area contributed by atoms with E-state index in [1.807, 2.05) is 0 Å². The summed E-state index contributed by atoms with van der Waals surface area (Å²) in [5.74, 6) is -0.208. The van der Waals surface area contributed by atoms with Crippen molar-refractivity contribution in [2.24, 2.45) is 0 Å². The standard InChI is InChI=1S/C11H9FN2OS/c1-15-10-3-2-7(4-9(10)12)8-5-13-6-14-11(8)16/h2-6H,1H3,(H,13,14,16). The van der Waals surface area contributed by atoms with E-state index in [0.717, 1.165) is 0 Å². The molecule has 0 atom stereocenters. The van der Waals surface area contributed by atoms with Crippen LogP contribution >= 0.6 is 12.2 Å². The Hall–Kier alpha value is -1.75. The molecule has 0 radical (unpaired) electrons. The average Bonchev–Trinajstić information content (AvgIpc) is 2.29. The third kappa shape index (κ3) is 1.94. The number of benzene rings is 1. The summed E-state index contributed by atoms with van der Waals surface area (Å²) in [5.41, 5.74) is 1.37. The van der Waals surface area contributed by atoms with Crippen molar-refractivity contribution in [3.05, 3.63) is 41.2 Å². The zero-order chi connectivity index (χ0) is 11.5. The van der Waals surface area contributed by atoms with E-state index >= 15 is 0 Å². The summed E-state index contributed by atoms with van der Waals surface area (Å²) >= 11 is 5.09. The van der Waals surface area contributed by atoms with Gasteiger partial charge in [0.05, 0.1) is 13.4 Å². The van der Waals surface area contributed by atoms with Crippen molar-refractivity contribution >= 4 is 12.2 Å². The van der Waals surface area contributed by atoms with Crippen LogP contribution in [0.15, 0.2) is 30.7 Å². The molecule has 0 unspecified atom stereocenters. The zero-order valence-electron chi connectivity index (χ0n) is 8.53. The summed E-state index contributed by atoms with van der Waals surface area (Å²) in [7, 11) is 1.43. The van der Waals surface area contributed by atoms with Gasteiger partial charge in [-0.2, -0.15) is 0 Å². The van der Waals surface area contributed by atoms with Crippen LogP contribution in [0.4, 0.5) is 4.39 Å². The predicted octanol–water partition coefficient (Wildman–Crippen LogP) is 2.95. The highest BCUT2D eigenvalue weighted by atomic mass is 32.1. The van der Waals surface area contributed by atoms with Gasteiger partial charge in [-0.05, 0) is 17.7 Å². The highest BCUT2D eigenvalue weighted by Gasteiger charge is 2.06. The second-order valence-electron chi connectivity index (χ2n) is 3.14. The molecule has 1 heterocycles. The van der Waals surface area contributed by atoms with E-state index in [2.05, 4.69) is 9.97 Å². The summed E-state index contributed by atoms with van der Waals surface area (Å²) in [4.78, 5) is 6.71. The number of H-pyrrole nitrogens is 1. The van der Waals surface area contributed by atoms with Crippen LogP contribution < -0.4 is 4.74 Å². The molecule has 16 heavy (non-hydrogen) atoms. The molecule has 0 aliphatic carbocycles. The van der Waals surface area contributed by atoms with Gasteiger partial charge in [0.1, 0.15) is 4.64 Å². The number of rotatable bonds is 2. The third-order valence-corrected chi connectivity index (χ3v) is 2.52. The monoisotopic (exact) mass is 236 g/mol. The molecule has 5 heteroatoms. The summed E-state index contributed by atoms with van der Waals surface area (Å²) < 4.78 is 18.8. The second kappa shape index (κ2) is 4.40. The van der Waals surface area contributed by atoms with Crippen molar-refractivity contribution in [1.82, 2.24) is 9.97 Å². The third-order valence-electron chi connectivity index (χ3n) is 2.18. The van der Waals surface area contributed by atoms with Crippen LogP contribution in [0.2, 0.25) is 0 Å². The Kier molecular flexibility index (Phi) is 2.96. The fraction of sp³-hybridized carbons (Fsp3) is 0.0909. The molecular formula is C11H9FN2OS. The molecule has 1 N–H and O–H groups in total. The topological polar surface area (TPSA) is 37.9 Å². The Balaban J connectivity index is 2.54. The largest absolute Gasteiger partial charge is 0.494 e. The predicted molar refractivity (Wildman–Crippen MR) is 61.4 cm³/mol. The molecule has 0 aliphatic heterocycles. The van der Waals surface area contributed by atoms with Crippen molar-refractivity contribution in [3.63, 3.8) is 0 Å². The van der Waals surface area contributed by atoms with Crippen molar-refractivity contribution in [2.45, 2.75) is 0 Å². The van der Waals surface area contributed by atoms with E-state index in [4.69, 9.17) is 17.0 Å². The summed E-state index contributed by atoms with van der Waals surface area (Å²) in [6.07, 6.45) is 3.09. The van der Waals surface area contributed by atoms with E-state index in [9.17, 15) is 4.39 Å². The quantitative estimate of drug-likeness (QED) is 0.815. The number of hydrogen-bond donors (Lipinski definition) is 1. The maximum atomic E-state index is 13.5. The molecule has 2 rings (SSSR count). The van der Waals surface area contributed by atoms with Crippen LogP contribution in [0.3, 0.4) is 0 Å². The first-order valence-corrected chi connectivity index (χ1v) is 5.00. The van der Waals surface area contributed by atoms with Crippen LogP contribution in [0.25, 0.3) is 11.1 Å². The minimum Gasteiger partial charge on any atom is -0.494 e. The summed E-state index contributed by atoms with van der Waals surface area (Å²) in [5, 5.41) is 0. The van der Waals surface area contributed by atoms with E-state index in [1.165, 1.54) is 19.5 Å². The Morgan fingerprint density at radius 1 is 1.44 bits per heavy atom. The number of aromatic nitrogens is 2. The van der Waals surface area contributed by atoms with E-state index in [-0.39, 0.29) is 5.75 Å². The number of nitrogens with zero attached hydrogens (tertiary/aromatic N) is 1. The highest BCUT2D eigenvalue weighted by Crippen LogP contribution is 2.25. The van der Waals surface area contributed by atoms with Gasteiger partial charge < -0.3 is 9.72 Å². The molecule has 0 fully saturated rings.